The number of nitrogens with two attached hydrogens (primary N) is 1. The van der Waals surface area contributed by atoms with Gasteiger partial charge in [0.25, 0.3) is 0 Å². The summed E-state index contributed by atoms with van der Waals surface area (Å²) in [6.07, 6.45) is 3.74. The Morgan fingerprint density at radius 3 is 3.08 bits per heavy atom. The predicted octanol–water partition coefficient (Wildman–Crippen LogP) is 1.62. The molecule has 0 radical (unpaired) electrons. The van der Waals surface area contributed by atoms with Gasteiger partial charge in [-0.15, -0.1) is 0 Å². The minimum absolute atomic E-state index is 0.222. The molecule has 0 atom stereocenters. The van der Waals surface area contributed by atoms with Gasteiger partial charge in [0.05, 0.1) is 6.20 Å². The van der Waals surface area contributed by atoms with Gasteiger partial charge >= 0.3 is 0 Å². The highest BCUT2D eigenvalue weighted by Crippen LogP contribution is 2.16. The summed E-state index contributed by atoms with van der Waals surface area (Å²) >= 11 is 0. The molecule has 0 aliphatic heterocycles. The molecule has 68 valence electrons. The number of hydrogen-bond acceptors (Lipinski definition) is 2. The monoisotopic (exact) mass is 179 g/mol. The van der Waals surface area contributed by atoms with E-state index in [9.17, 15) is 4.39 Å². The van der Waals surface area contributed by atoms with Crippen LogP contribution in [-0.4, -0.2) is 9.38 Å². The lowest BCUT2D eigenvalue weighted by atomic mass is 10.2. The first-order valence-corrected chi connectivity index (χ1v) is 4.14. The maximum absolute atomic E-state index is 13.2. The minimum Gasteiger partial charge on any atom is -0.383 e. The normalized spacial score (nSPS) is 10.9. The summed E-state index contributed by atoms with van der Waals surface area (Å²) < 4.78 is 14.9. The Balaban J connectivity index is 2.85. The molecule has 0 bridgehead atoms. The molecule has 0 amide bonds. The topological polar surface area (TPSA) is 43.3 Å². The van der Waals surface area contributed by atoms with Gasteiger partial charge in [0, 0.05) is 11.8 Å². The lowest BCUT2D eigenvalue weighted by Crippen LogP contribution is -1.97. The molecule has 0 aliphatic carbocycles. The number of anilines is 1. The van der Waals surface area contributed by atoms with Crippen molar-refractivity contribution >= 4 is 11.5 Å². The highest BCUT2D eigenvalue weighted by atomic mass is 19.1. The SMILES string of the molecule is CCc1c(F)ccn2c(N)cnc12. The van der Waals surface area contributed by atoms with Crippen molar-refractivity contribution in [2.24, 2.45) is 0 Å². The Morgan fingerprint density at radius 2 is 2.38 bits per heavy atom. The van der Waals surface area contributed by atoms with Crippen molar-refractivity contribution in [2.75, 3.05) is 5.73 Å². The zero-order valence-electron chi connectivity index (χ0n) is 7.29. The second-order valence-corrected chi connectivity index (χ2v) is 2.87. The van der Waals surface area contributed by atoms with Crippen LogP contribution in [0.2, 0.25) is 0 Å². The van der Waals surface area contributed by atoms with Crippen LogP contribution in [0.25, 0.3) is 5.65 Å². The molecular weight excluding hydrogens is 169 g/mol. The number of halogens is 1. The van der Waals surface area contributed by atoms with E-state index in [1.54, 1.807) is 10.6 Å². The van der Waals surface area contributed by atoms with Gasteiger partial charge in [0.2, 0.25) is 0 Å². The van der Waals surface area contributed by atoms with Crippen molar-refractivity contribution < 1.29 is 4.39 Å². The molecule has 3 nitrogen and oxygen atoms in total. The Bertz CT molecular complexity index is 447. The number of pyridine rings is 1. The van der Waals surface area contributed by atoms with E-state index in [2.05, 4.69) is 4.98 Å². The van der Waals surface area contributed by atoms with Crippen molar-refractivity contribution in [1.82, 2.24) is 9.38 Å². The average molecular weight is 179 g/mol. The van der Waals surface area contributed by atoms with E-state index >= 15 is 0 Å². The van der Waals surface area contributed by atoms with Gasteiger partial charge < -0.3 is 5.73 Å². The van der Waals surface area contributed by atoms with Gasteiger partial charge in [0.1, 0.15) is 17.3 Å². The third-order valence-electron chi connectivity index (χ3n) is 2.11. The van der Waals surface area contributed by atoms with Crippen LogP contribution in [0.3, 0.4) is 0 Å². The number of imidazole rings is 1. The first kappa shape index (κ1) is 8.04. The molecule has 0 unspecified atom stereocenters. The number of nitrogen functional groups attached to an aromatic ring is 1. The van der Waals surface area contributed by atoms with Crippen LogP contribution in [0.4, 0.5) is 10.2 Å². The second-order valence-electron chi connectivity index (χ2n) is 2.87. The Hall–Kier alpha value is -1.58. The molecule has 2 rings (SSSR count). The summed E-state index contributed by atoms with van der Waals surface area (Å²) in [7, 11) is 0. The van der Waals surface area contributed by atoms with Gasteiger partial charge in [-0.25, -0.2) is 9.37 Å². The quantitative estimate of drug-likeness (QED) is 0.722. The third kappa shape index (κ3) is 1.06. The van der Waals surface area contributed by atoms with Crippen LogP contribution in [0, 0.1) is 5.82 Å². The summed E-state index contributed by atoms with van der Waals surface area (Å²) in [4.78, 5) is 4.05. The largest absolute Gasteiger partial charge is 0.383 e. The van der Waals surface area contributed by atoms with Crippen LogP contribution in [0.1, 0.15) is 12.5 Å². The molecule has 0 aromatic carbocycles. The van der Waals surface area contributed by atoms with Crippen LogP contribution in [-0.2, 0) is 6.42 Å². The number of nitrogens with zero attached hydrogens (tertiary/aromatic N) is 2. The molecule has 0 saturated carbocycles. The predicted molar refractivity (Wildman–Crippen MR) is 48.9 cm³/mol. The van der Waals surface area contributed by atoms with E-state index in [1.807, 2.05) is 6.92 Å². The molecule has 0 saturated heterocycles. The number of fused-ring (bicyclic) bond motifs is 1. The van der Waals surface area contributed by atoms with E-state index in [-0.39, 0.29) is 5.82 Å². The number of hydrogen-bond donors (Lipinski definition) is 1. The summed E-state index contributed by atoms with van der Waals surface area (Å²) in [6.45, 7) is 1.89. The van der Waals surface area contributed by atoms with Crippen LogP contribution >= 0.6 is 0 Å². The smallest absolute Gasteiger partial charge is 0.144 e. The van der Waals surface area contributed by atoms with Gasteiger partial charge in [0.15, 0.2) is 0 Å². The van der Waals surface area contributed by atoms with Crippen LogP contribution in [0.5, 0.6) is 0 Å². The third-order valence-corrected chi connectivity index (χ3v) is 2.11. The zero-order chi connectivity index (χ0) is 9.42. The first-order valence-electron chi connectivity index (χ1n) is 4.14. The molecule has 13 heavy (non-hydrogen) atoms. The van der Waals surface area contributed by atoms with E-state index in [0.29, 0.717) is 23.4 Å². The van der Waals surface area contributed by atoms with Crippen molar-refractivity contribution in [1.29, 1.82) is 0 Å². The van der Waals surface area contributed by atoms with Gasteiger partial charge in [-0.2, -0.15) is 0 Å². The van der Waals surface area contributed by atoms with Gasteiger partial charge in [-0.05, 0) is 12.5 Å². The summed E-state index contributed by atoms with van der Waals surface area (Å²) in [5, 5.41) is 0. The molecule has 4 heteroatoms. The maximum Gasteiger partial charge on any atom is 0.144 e. The molecule has 2 aromatic rings. The maximum atomic E-state index is 13.2. The fourth-order valence-electron chi connectivity index (χ4n) is 1.43. The van der Waals surface area contributed by atoms with Crippen molar-refractivity contribution in [3.8, 4) is 0 Å². The van der Waals surface area contributed by atoms with Crippen molar-refractivity contribution in [3.05, 3.63) is 29.8 Å². The fourth-order valence-corrected chi connectivity index (χ4v) is 1.43. The molecular formula is C9H10FN3. The van der Waals surface area contributed by atoms with E-state index in [1.165, 1.54) is 12.3 Å². The highest BCUT2D eigenvalue weighted by molar-refractivity contribution is 5.54. The minimum atomic E-state index is -0.222. The van der Waals surface area contributed by atoms with Crippen LogP contribution < -0.4 is 5.73 Å². The lowest BCUT2D eigenvalue weighted by molar-refractivity contribution is 0.611. The standard InChI is InChI=1S/C9H10FN3/c1-2-6-7(10)3-4-13-8(11)5-12-9(6)13/h3-5H,2,11H2,1H3. The van der Waals surface area contributed by atoms with E-state index in [0.717, 1.165) is 0 Å². The first-order chi connectivity index (χ1) is 6.24. The van der Waals surface area contributed by atoms with Crippen molar-refractivity contribution in [2.45, 2.75) is 13.3 Å². The zero-order valence-corrected chi connectivity index (χ0v) is 7.29. The fraction of sp³-hybridized carbons (Fsp3) is 0.222. The van der Waals surface area contributed by atoms with Crippen LogP contribution in [0.15, 0.2) is 18.5 Å². The van der Waals surface area contributed by atoms with E-state index in [4.69, 9.17) is 5.73 Å². The lowest BCUT2D eigenvalue weighted by Gasteiger charge is -2.02. The molecule has 2 heterocycles. The Morgan fingerprint density at radius 1 is 1.62 bits per heavy atom. The molecule has 0 spiro atoms. The molecule has 0 aliphatic rings. The van der Waals surface area contributed by atoms with E-state index < -0.39 is 0 Å². The molecule has 2 N–H and O–H groups in total. The second kappa shape index (κ2) is 2.73. The van der Waals surface area contributed by atoms with Crippen molar-refractivity contribution in [3.63, 3.8) is 0 Å². The number of rotatable bonds is 1. The highest BCUT2D eigenvalue weighted by Gasteiger charge is 2.08. The summed E-state index contributed by atoms with van der Waals surface area (Å²) in [5.74, 6) is 0.310. The average Bonchev–Trinajstić information content (AvgIpc) is 2.48. The Labute approximate surface area is 75.0 Å². The van der Waals surface area contributed by atoms with Gasteiger partial charge in [-0.3, -0.25) is 4.40 Å². The summed E-state index contributed by atoms with van der Waals surface area (Å²) in [5.41, 5.74) is 6.85. The molecule has 0 fully saturated rings. The number of aromatic nitrogens is 2. The molecule has 2 aromatic heterocycles. The van der Waals surface area contributed by atoms with Gasteiger partial charge in [-0.1, -0.05) is 6.92 Å². The number of aryl methyl sites for hydroxylation is 1. The summed E-state index contributed by atoms with van der Waals surface area (Å²) in [6, 6.07) is 1.41. The Kier molecular flexibility index (Phi) is 1.69.